The zero-order valence-corrected chi connectivity index (χ0v) is 19.6. The SMILES string of the molecule is Fc1ccc2onc(C3NCCN4CC(COc5cccc(CN6CCCC6)c5)CCC34)c2c1. The van der Waals surface area contributed by atoms with Crippen molar-refractivity contribution in [3.8, 4) is 5.75 Å². The average molecular weight is 465 g/mol. The standard InChI is InChI=1S/C27H33FN4O2/c28-21-7-9-25-23(15-21)26(30-34-25)27-24-8-6-20(17-32(24)13-10-29-27)18-33-22-5-3-4-19(14-22)16-31-11-1-2-12-31/h3-5,7,9,14-15,20,24,27,29H,1-2,6,8,10-13,16-18H2. The number of halogens is 1. The number of piperidine rings is 1. The molecular formula is C27H33FN4O2. The highest BCUT2D eigenvalue weighted by molar-refractivity contribution is 5.80. The fraction of sp³-hybridized carbons (Fsp3) is 0.519. The summed E-state index contributed by atoms with van der Waals surface area (Å²) in [7, 11) is 0. The third-order valence-corrected chi connectivity index (χ3v) is 7.72. The van der Waals surface area contributed by atoms with Crippen LogP contribution in [-0.2, 0) is 6.54 Å². The lowest BCUT2D eigenvalue weighted by molar-refractivity contribution is 0.0377. The van der Waals surface area contributed by atoms with Gasteiger partial charge in [-0.1, -0.05) is 17.3 Å². The monoisotopic (exact) mass is 464 g/mol. The van der Waals surface area contributed by atoms with E-state index in [0.717, 1.165) is 62.5 Å². The van der Waals surface area contributed by atoms with Gasteiger partial charge in [0.2, 0.25) is 0 Å². The summed E-state index contributed by atoms with van der Waals surface area (Å²) in [4.78, 5) is 5.08. The van der Waals surface area contributed by atoms with Crippen molar-refractivity contribution in [3.63, 3.8) is 0 Å². The van der Waals surface area contributed by atoms with Crippen molar-refractivity contribution in [2.45, 2.75) is 44.3 Å². The number of fused-ring (bicyclic) bond motifs is 2. The fourth-order valence-electron chi connectivity index (χ4n) is 6.00. The summed E-state index contributed by atoms with van der Waals surface area (Å²) >= 11 is 0. The van der Waals surface area contributed by atoms with E-state index in [1.54, 1.807) is 12.1 Å². The van der Waals surface area contributed by atoms with Gasteiger partial charge in [0.1, 0.15) is 17.3 Å². The van der Waals surface area contributed by atoms with Crippen LogP contribution >= 0.6 is 0 Å². The highest BCUT2D eigenvalue weighted by atomic mass is 19.1. The molecular weight excluding hydrogens is 431 g/mol. The van der Waals surface area contributed by atoms with Crippen LogP contribution in [0.2, 0.25) is 0 Å². The molecule has 3 unspecified atom stereocenters. The topological polar surface area (TPSA) is 53.8 Å². The Kier molecular flexibility index (Phi) is 6.24. The number of nitrogens with one attached hydrogen (secondary N) is 1. The second-order valence-corrected chi connectivity index (χ2v) is 10.1. The first-order valence-corrected chi connectivity index (χ1v) is 12.7. The van der Waals surface area contributed by atoms with Gasteiger partial charge in [-0.05, 0) is 74.7 Å². The van der Waals surface area contributed by atoms with Crippen LogP contribution in [0.5, 0.6) is 5.75 Å². The minimum atomic E-state index is -0.255. The van der Waals surface area contributed by atoms with E-state index in [-0.39, 0.29) is 11.9 Å². The summed E-state index contributed by atoms with van der Waals surface area (Å²) in [5, 5.41) is 8.73. The van der Waals surface area contributed by atoms with Gasteiger partial charge in [0.05, 0.1) is 12.6 Å². The van der Waals surface area contributed by atoms with Gasteiger partial charge in [0.25, 0.3) is 0 Å². The fourth-order valence-corrected chi connectivity index (χ4v) is 6.00. The molecule has 3 aliphatic heterocycles. The normalized spacial score (nSPS) is 26.1. The van der Waals surface area contributed by atoms with Crippen molar-refractivity contribution in [2.75, 3.05) is 39.3 Å². The van der Waals surface area contributed by atoms with Crippen LogP contribution in [-0.4, -0.2) is 60.3 Å². The van der Waals surface area contributed by atoms with E-state index in [0.29, 0.717) is 17.5 Å². The van der Waals surface area contributed by atoms with E-state index in [9.17, 15) is 4.39 Å². The minimum Gasteiger partial charge on any atom is -0.493 e. The van der Waals surface area contributed by atoms with E-state index < -0.39 is 0 Å². The van der Waals surface area contributed by atoms with Crippen LogP contribution in [0.15, 0.2) is 47.0 Å². The van der Waals surface area contributed by atoms with Crippen molar-refractivity contribution in [1.29, 1.82) is 0 Å². The maximum atomic E-state index is 13.9. The van der Waals surface area contributed by atoms with Gasteiger partial charge < -0.3 is 14.6 Å². The summed E-state index contributed by atoms with van der Waals surface area (Å²) in [5.41, 5.74) is 2.81. The lowest BCUT2D eigenvalue weighted by atomic mass is 9.86. The van der Waals surface area contributed by atoms with E-state index in [1.807, 2.05) is 0 Å². The Balaban J connectivity index is 1.08. The molecule has 7 heteroatoms. The van der Waals surface area contributed by atoms with Crippen LogP contribution in [0.3, 0.4) is 0 Å². The van der Waals surface area contributed by atoms with Gasteiger partial charge in [-0.25, -0.2) is 4.39 Å². The van der Waals surface area contributed by atoms with Gasteiger partial charge in [-0.2, -0.15) is 0 Å². The molecule has 3 saturated heterocycles. The van der Waals surface area contributed by atoms with E-state index >= 15 is 0 Å². The van der Waals surface area contributed by atoms with E-state index in [2.05, 4.69) is 44.5 Å². The van der Waals surface area contributed by atoms with Crippen LogP contribution in [0, 0.1) is 11.7 Å². The highest BCUT2D eigenvalue weighted by Crippen LogP contribution is 2.35. The molecule has 0 spiro atoms. The average Bonchev–Trinajstić information content (AvgIpc) is 3.52. The zero-order valence-electron chi connectivity index (χ0n) is 19.6. The molecule has 3 atom stereocenters. The van der Waals surface area contributed by atoms with Crippen LogP contribution in [0.1, 0.15) is 43.0 Å². The molecule has 0 aliphatic carbocycles. The van der Waals surface area contributed by atoms with Crippen molar-refractivity contribution in [3.05, 3.63) is 59.5 Å². The largest absolute Gasteiger partial charge is 0.493 e. The van der Waals surface area contributed by atoms with Gasteiger partial charge in [-0.15, -0.1) is 0 Å². The van der Waals surface area contributed by atoms with Crippen LogP contribution in [0.4, 0.5) is 4.39 Å². The number of rotatable bonds is 6. The molecule has 6 nitrogen and oxygen atoms in total. The van der Waals surface area contributed by atoms with Crippen molar-refractivity contribution >= 4 is 11.0 Å². The maximum Gasteiger partial charge on any atom is 0.167 e. The number of hydrogen-bond donors (Lipinski definition) is 1. The molecule has 0 saturated carbocycles. The first kappa shape index (κ1) is 22.0. The second kappa shape index (κ2) is 9.64. The summed E-state index contributed by atoms with van der Waals surface area (Å²) in [5.74, 6) is 1.23. The van der Waals surface area contributed by atoms with Crippen LogP contribution in [0.25, 0.3) is 11.0 Å². The molecule has 0 radical (unpaired) electrons. The van der Waals surface area contributed by atoms with Gasteiger partial charge >= 0.3 is 0 Å². The molecule has 4 heterocycles. The van der Waals surface area contributed by atoms with Crippen LogP contribution < -0.4 is 10.1 Å². The molecule has 0 bridgehead atoms. The van der Waals surface area contributed by atoms with Gasteiger partial charge in [0.15, 0.2) is 5.58 Å². The van der Waals surface area contributed by atoms with Crippen molar-refractivity contribution < 1.29 is 13.7 Å². The van der Waals surface area contributed by atoms with E-state index in [1.165, 1.54) is 37.6 Å². The Hall–Kier alpha value is -2.48. The summed E-state index contributed by atoms with van der Waals surface area (Å²) in [6.45, 7) is 7.08. The number of aromatic nitrogens is 1. The summed E-state index contributed by atoms with van der Waals surface area (Å²) in [6.07, 6.45) is 4.80. The number of nitrogens with zero attached hydrogens (tertiary/aromatic N) is 3. The Morgan fingerprint density at radius 2 is 2.00 bits per heavy atom. The summed E-state index contributed by atoms with van der Waals surface area (Å²) in [6, 6.07) is 13.6. The summed E-state index contributed by atoms with van der Waals surface area (Å²) < 4.78 is 25.6. The second-order valence-electron chi connectivity index (χ2n) is 10.1. The number of ether oxygens (including phenoxy) is 1. The number of benzene rings is 2. The Morgan fingerprint density at radius 1 is 1.09 bits per heavy atom. The third-order valence-electron chi connectivity index (χ3n) is 7.72. The molecule has 1 aromatic heterocycles. The first-order chi connectivity index (χ1) is 16.7. The van der Waals surface area contributed by atoms with Gasteiger partial charge in [-0.3, -0.25) is 9.80 Å². The number of piperazine rings is 1. The lowest BCUT2D eigenvalue weighted by Crippen LogP contribution is -2.57. The molecule has 3 aromatic rings. The smallest absolute Gasteiger partial charge is 0.167 e. The van der Waals surface area contributed by atoms with Gasteiger partial charge in [0, 0.05) is 43.5 Å². The quantitative estimate of drug-likeness (QED) is 0.585. The molecule has 6 rings (SSSR count). The van der Waals surface area contributed by atoms with Crippen molar-refractivity contribution in [2.24, 2.45) is 5.92 Å². The minimum absolute atomic E-state index is 0.0564. The molecule has 1 N–H and O–H groups in total. The van der Waals surface area contributed by atoms with E-state index in [4.69, 9.17) is 9.26 Å². The van der Waals surface area contributed by atoms with Crippen molar-refractivity contribution in [1.82, 2.24) is 20.3 Å². The third kappa shape index (κ3) is 4.57. The zero-order chi connectivity index (χ0) is 22.9. The molecule has 0 amide bonds. The maximum absolute atomic E-state index is 13.9. The molecule has 34 heavy (non-hydrogen) atoms. The Morgan fingerprint density at radius 3 is 2.91 bits per heavy atom. The Bertz CT molecular complexity index is 1130. The number of likely N-dealkylation sites (tertiary alicyclic amines) is 1. The molecule has 3 aliphatic rings. The predicted molar refractivity (Wildman–Crippen MR) is 129 cm³/mol. The molecule has 3 fully saturated rings. The predicted octanol–water partition coefficient (Wildman–Crippen LogP) is 4.37. The number of hydrogen-bond acceptors (Lipinski definition) is 6. The molecule has 2 aromatic carbocycles. The lowest BCUT2D eigenvalue weighted by Gasteiger charge is -2.46. The highest BCUT2D eigenvalue weighted by Gasteiger charge is 2.39. The molecule has 180 valence electrons. The first-order valence-electron chi connectivity index (χ1n) is 12.7. The Labute approximate surface area is 200 Å².